The summed E-state index contributed by atoms with van der Waals surface area (Å²) in [5, 5.41) is 13.3. The van der Waals surface area contributed by atoms with Crippen LogP contribution in [0.1, 0.15) is 58.1 Å². The number of ketones is 1. The number of anilines is 2. The molecule has 0 spiro atoms. The zero-order valence-corrected chi connectivity index (χ0v) is 24.6. The number of carbonyl (C=O) groups is 1. The highest BCUT2D eigenvalue weighted by atomic mass is 16.3. The quantitative estimate of drug-likeness (QED) is 0.223. The fraction of sp³-hybridized carbons (Fsp3) is 0.125. The molecule has 7 rings (SSSR count). The van der Waals surface area contributed by atoms with Gasteiger partial charge in [-0.25, -0.2) is 0 Å². The zero-order chi connectivity index (χ0) is 29.9. The molecule has 1 heterocycles. The average Bonchev–Trinajstić information content (AvgIpc) is 3.26. The fourth-order valence-electron chi connectivity index (χ4n) is 7.00. The highest BCUT2D eigenvalue weighted by molar-refractivity contribution is 6.16. The fourth-order valence-corrected chi connectivity index (χ4v) is 7.00. The molecule has 1 unspecified atom stereocenters. The number of para-hydroxylation sites is 1. The summed E-state index contributed by atoms with van der Waals surface area (Å²) in [4.78, 5) is 15.5. The van der Waals surface area contributed by atoms with Crippen molar-refractivity contribution < 1.29 is 9.90 Å². The van der Waals surface area contributed by atoms with Crippen LogP contribution in [0.3, 0.4) is 0 Å². The van der Waals surface area contributed by atoms with Gasteiger partial charge in [-0.3, -0.25) is 4.79 Å². The van der Waals surface area contributed by atoms with Crippen molar-refractivity contribution in [1.29, 1.82) is 0 Å². The van der Waals surface area contributed by atoms with Crippen molar-refractivity contribution in [3.8, 4) is 0 Å². The van der Waals surface area contributed by atoms with Crippen molar-refractivity contribution in [3.05, 3.63) is 167 Å². The number of hydrogen-bond donors (Lipinski definition) is 1. The normalized spacial score (nSPS) is 18.2. The van der Waals surface area contributed by atoms with Gasteiger partial charge < -0.3 is 10.0 Å². The van der Waals surface area contributed by atoms with Crippen molar-refractivity contribution in [2.45, 2.75) is 32.3 Å². The maximum Gasteiger partial charge on any atom is 0.192 e. The highest BCUT2D eigenvalue weighted by Crippen LogP contribution is 2.53. The van der Waals surface area contributed by atoms with Crippen LogP contribution in [0.5, 0.6) is 0 Å². The zero-order valence-electron chi connectivity index (χ0n) is 24.6. The van der Waals surface area contributed by atoms with Gasteiger partial charge in [0.25, 0.3) is 0 Å². The number of nitrogens with zero attached hydrogens (tertiary/aromatic N) is 1. The van der Waals surface area contributed by atoms with Crippen LogP contribution in [0.15, 0.2) is 133 Å². The Morgan fingerprint density at radius 3 is 2.30 bits per heavy atom. The van der Waals surface area contributed by atoms with Gasteiger partial charge in [0.05, 0.1) is 17.1 Å². The Hall–Kier alpha value is -4.99. The number of aryl methyl sites for hydroxylation is 1. The molecule has 0 aromatic heterocycles. The third kappa shape index (κ3) is 4.11. The molecule has 1 N–H and O–H groups in total. The van der Waals surface area contributed by atoms with Crippen molar-refractivity contribution in [2.75, 3.05) is 4.90 Å². The second kappa shape index (κ2) is 10.1. The smallest absolute Gasteiger partial charge is 0.192 e. The summed E-state index contributed by atoms with van der Waals surface area (Å²) in [6, 6.07) is 37.2. The van der Waals surface area contributed by atoms with Crippen molar-refractivity contribution >= 4 is 39.6 Å². The first-order chi connectivity index (χ1) is 20.8. The first-order valence-corrected chi connectivity index (χ1v) is 14.7. The minimum atomic E-state index is -0.915. The summed E-state index contributed by atoms with van der Waals surface area (Å²) in [5.74, 6) is -0.114. The van der Waals surface area contributed by atoms with Gasteiger partial charge >= 0.3 is 0 Å². The van der Waals surface area contributed by atoms with Gasteiger partial charge in [0.2, 0.25) is 0 Å². The van der Waals surface area contributed by atoms with E-state index < -0.39 is 6.10 Å². The van der Waals surface area contributed by atoms with Crippen LogP contribution < -0.4 is 4.90 Å². The predicted octanol–water partition coefficient (Wildman–Crippen LogP) is 9.49. The molecule has 43 heavy (non-hydrogen) atoms. The number of Topliss-reactive ketones (excluding diaryl/α,β-unsaturated/α-hetero) is 1. The molecule has 0 radical (unpaired) electrons. The van der Waals surface area contributed by atoms with E-state index in [1.807, 2.05) is 36.4 Å². The van der Waals surface area contributed by atoms with E-state index in [4.69, 9.17) is 0 Å². The molecule has 5 aromatic rings. The third-order valence-corrected chi connectivity index (χ3v) is 9.04. The number of hydrogen-bond acceptors (Lipinski definition) is 3. The van der Waals surface area contributed by atoms with Crippen LogP contribution in [0.25, 0.3) is 22.4 Å². The summed E-state index contributed by atoms with van der Waals surface area (Å²) in [6.07, 6.45) is 2.90. The van der Waals surface area contributed by atoms with Crippen LogP contribution in [-0.2, 0) is 5.41 Å². The Balaban J connectivity index is 1.40. The first-order valence-electron chi connectivity index (χ1n) is 14.7. The van der Waals surface area contributed by atoms with E-state index in [0.717, 1.165) is 33.8 Å². The average molecular weight is 560 g/mol. The molecular weight excluding hydrogens is 526 g/mol. The van der Waals surface area contributed by atoms with Gasteiger partial charge in [-0.1, -0.05) is 117 Å². The van der Waals surface area contributed by atoms with E-state index in [-0.39, 0.29) is 11.2 Å². The Bertz CT molecular complexity index is 2020. The molecule has 2 aliphatic rings. The van der Waals surface area contributed by atoms with E-state index in [1.165, 1.54) is 21.9 Å². The molecule has 3 nitrogen and oxygen atoms in total. The lowest BCUT2D eigenvalue weighted by Gasteiger charge is -2.44. The number of benzene rings is 5. The van der Waals surface area contributed by atoms with Gasteiger partial charge in [-0.05, 0) is 70.0 Å². The van der Waals surface area contributed by atoms with Crippen molar-refractivity contribution in [2.24, 2.45) is 0 Å². The van der Waals surface area contributed by atoms with Crippen molar-refractivity contribution in [1.82, 2.24) is 0 Å². The van der Waals surface area contributed by atoms with Crippen LogP contribution in [0, 0.1) is 6.92 Å². The maximum atomic E-state index is 13.1. The molecule has 1 aliphatic carbocycles. The summed E-state index contributed by atoms with van der Waals surface area (Å²) in [6.45, 7) is 11.0. The number of aliphatic hydroxyl groups is 1. The topological polar surface area (TPSA) is 40.5 Å². The minimum absolute atomic E-state index is 0.114. The van der Waals surface area contributed by atoms with Gasteiger partial charge in [0, 0.05) is 21.9 Å². The van der Waals surface area contributed by atoms with Crippen LogP contribution >= 0.6 is 0 Å². The lowest BCUT2D eigenvalue weighted by atomic mass is 9.69. The number of aliphatic hydroxyl groups excluding tert-OH is 1. The molecular formula is C40H33NO2. The summed E-state index contributed by atoms with van der Waals surface area (Å²) >= 11 is 0. The van der Waals surface area contributed by atoms with Gasteiger partial charge in [-0.2, -0.15) is 0 Å². The Labute approximate surface area is 252 Å². The van der Waals surface area contributed by atoms with Gasteiger partial charge in [0.15, 0.2) is 5.78 Å². The minimum Gasteiger partial charge on any atom is -0.383 e. The molecule has 1 aliphatic heterocycles. The molecule has 0 bridgehead atoms. The predicted molar refractivity (Wildman–Crippen MR) is 178 cm³/mol. The molecule has 210 valence electrons. The number of allylic oxidation sites excluding steroid dienone is 2. The van der Waals surface area contributed by atoms with E-state index in [1.54, 1.807) is 6.07 Å². The van der Waals surface area contributed by atoms with E-state index in [0.29, 0.717) is 16.7 Å². The Morgan fingerprint density at radius 1 is 0.814 bits per heavy atom. The SMILES string of the molecule is C=CC1=C(c2ccc(/C=C3\C(=O)c4ccccc4C3O)cc2C)C(C)(C)c2ccccc2N1c1cccc2ccccc12. The lowest BCUT2D eigenvalue weighted by molar-refractivity contribution is 0.102. The van der Waals surface area contributed by atoms with Crippen molar-refractivity contribution in [3.63, 3.8) is 0 Å². The third-order valence-electron chi connectivity index (χ3n) is 9.04. The molecule has 3 heteroatoms. The van der Waals surface area contributed by atoms with Crippen LogP contribution in [-0.4, -0.2) is 10.9 Å². The standard InChI is InChI=1S/C40H33NO2/c1-5-34-37(28-22-21-26(23-25(28)2)24-32-38(42)30-16-8-9-17-31(30)39(32)43)40(3,4)33-18-10-11-19-36(33)41(34)35-20-12-14-27-13-6-7-15-29(27)35/h5-24,38,42H,1H2,2-4H3/b32-24-. The monoisotopic (exact) mass is 559 g/mol. The lowest BCUT2D eigenvalue weighted by Crippen LogP contribution is -2.33. The van der Waals surface area contributed by atoms with E-state index >= 15 is 0 Å². The molecule has 0 saturated carbocycles. The molecule has 0 saturated heterocycles. The number of rotatable bonds is 4. The second-order valence-electron chi connectivity index (χ2n) is 11.9. The van der Waals surface area contributed by atoms with Gasteiger partial charge in [-0.15, -0.1) is 0 Å². The summed E-state index contributed by atoms with van der Waals surface area (Å²) in [5.41, 5.74) is 10.2. The number of fused-ring (bicyclic) bond motifs is 3. The second-order valence-corrected chi connectivity index (χ2v) is 11.9. The summed E-state index contributed by atoms with van der Waals surface area (Å²) < 4.78 is 0. The van der Waals surface area contributed by atoms with Crippen LogP contribution in [0.2, 0.25) is 0 Å². The highest BCUT2D eigenvalue weighted by Gasteiger charge is 2.39. The van der Waals surface area contributed by atoms with Gasteiger partial charge in [0.1, 0.15) is 6.10 Å². The summed E-state index contributed by atoms with van der Waals surface area (Å²) in [7, 11) is 0. The number of carbonyl (C=O) groups excluding carboxylic acids is 1. The maximum absolute atomic E-state index is 13.1. The Morgan fingerprint density at radius 2 is 1.51 bits per heavy atom. The molecule has 0 fully saturated rings. The molecule has 0 amide bonds. The molecule has 5 aromatic carbocycles. The molecule has 1 atom stereocenters. The largest absolute Gasteiger partial charge is 0.383 e. The van der Waals surface area contributed by atoms with E-state index in [2.05, 4.69) is 111 Å². The van der Waals surface area contributed by atoms with E-state index in [9.17, 15) is 9.90 Å². The first kappa shape index (κ1) is 26.9. The van der Waals surface area contributed by atoms with Crippen LogP contribution in [0.4, 0.5) is 11.4 Å². The Kier molecular flexibility index (Phi) is 6.30.